The van der Waals surface area contributed by atoms with E-state index in [9.17, 15) is 0 Å². The first-order valence-corrected chi connectivity index (χ1v) is 11.9. The number of unbranched alkanes of at least 4 members (excludes halogenated alkanes) is 3. The smallest absolute Gasteiger partial charge is 0.119 e. The molecule has 1 aliphatic carbocycles. The summed E-state index contributed by atoms with van der Waals surface area (Å²) in [6.45, 7) is 7.83. The molecule has 0 bridgehead atoms. The third-order valence-electron chi connectivity index (χ3n) is 6.85. The highest BCUT2D eigenvalue weighted by Gasteiger charge is 2.23. The number of hydrogen-bond acceptors (Lipinski definition) is 1. The predicted molar refractivity (Wildman–Crippen MR) is 122 cm³/mol. The van der Waals surface area contributed by atoms with E-state index in [1.165, 1.54) is 68.6 Å². The van der Waals surface area contributed by atoms with Gasteiger partial charge in [0.2, 0.25) is 0 Å². The molecule has 1 nitrogen and oxygen atoms in total. The molecule has 28 heavy (non-hydrogen) atoms. The molecule has 0 N–H and O–H groups in total. The van der Waals surface area contributed by atoms with Crippen molar-refractivity contribution in [2.45, 2.75) is 90.9 Å². The van der Waals surface area contributed by atoms with Crippen LogP contribution in [0.3, 0.4) is 0 Å². The van der Waals surface area contributed by atoms with Crippen LogP contribution in [0.1, 0.15) is 96.5 Å². The Morgan fingerprint density at radius 3 is 2.39 bits per heavy atom. The summed E-state index contributed by atoms with van der Waals surface area (Å²) < 4.78 is 5.96. The van der Waals surface area contributed by atoms with Gasteiger partial charge in [-0.3, -0.25) is 0 Å². The van der Waals surface area contributed by atoms with E-state index < -0.39 is 0 Å². The van der Waals surface area contributed by atoms with Crippen LogP contribution in [0.25, 0.3) is 10.8 Å². The minimum atomic E-state index is 0.757. The zero-order chi connectivity index (χ0) is 19.8. The van der Waals surface area contributed by atoms with Gasteiger partial charge in [-0.2, -0.15) is 0 Å². The van der Waals surface area contributed by atoms with Gasteiger partial charge in [0.05, 0.1) is 6.61 Å². The first-order valence-electron chi connectivity index (χ1n) is 11.9. The Morgan fingerprint density at radius 1 is 0.893 bits per heavy atom. The number of fused-ring (bicyclic) bond motifs is 1. The molecule has 1 saturated carbocycles. The fourth-order valence-electron chi connectivity index (χ4n) is 4.77. The van der Waals surface area contributed by atoms with E-state index in [0.717, 1.165) is 36.5 Å². The van der Waals surface area contributed by atoms with Crippen LogP contribution in [0.4, 0.5) is 0 Å². The van der Waals surface area contributed by atoms with Gasteiger partial charge in [-0.1, -0.05) is 70.7 Å². The first-order chi connectivity index (χ1) is 13.7. The van der Waals surface area contributed by atoms with Gasteiger partial charge in [-0.15, -0.1) is 0 Å². The lowest BCUT2D eigenvalue weighted by Gasteiger charge is -2.30. The standard InChI is InChI=1S/C27H40O/c1-4-6-7-8-17-28-27-16-15-25-19-24(13-14-26(25)20-27)23-11-9-22(10-12-23)18-21(3)5-2/h13-16,19-23H,4-12,17-18H2,1-3H3. The molecule has 2 aromatic rings. The molecule has 3 rings (SSSR count). The maximum Gasteiger partial charge on any atom is 0.119 e. The van der Waals surface area contributed by atoms with E-state index in [1.54, 1.807) is 5.56 Å². The molecule has 1 atom stereocenters. The van der Waals surface area contributed by atoms with Crippen LogP contribution in [0.2, 0.25) is 0 Å². The van der Waals surface area contributed by atoms with Gasteiger partial charge < -0.3 is 4.74 Å². The molecule has 1 fully saturated rings. The molecule has 1 heteroatoms. The summed E-state index contributed by atoms with van der Waals surface area (Å²) in [7, 11) is 0. The van der Waals surface area contributed by atoms with Crippen LogP contribution in [0.15, 0.2) is 36.4 Å². The highest BCUT2D eigenvalue weighted by atomic mass is 16.5. The summed E-state index contributed by atoms with van der Waals surface area (Å²) in [4.78, 5) is 0. The van der Waals surface area contributed by atoms with E-state index in [2.05, 4.69) is 57.2 Å². The maximum absolute atomic E-state index is 5.96. The lowest BCUT2D eigenvalue weighted by Crippen LogP contribution is -2.15. The fourth-order valence-corrected chi connectivity index (χ4v) is 4.77. The average Bonchev–Trinajstić information content (AvgIpc) is 2.73. The van der Waals surface area contributed by atoms with Gasteiger partial charge >= 0.3 is 0 Å². The summed E-state index contributed by atoms with van der Waals surface area (Å²) in [6, 6.07) is 13.7. The van der Waals surface area contributed by atoms with Crippen molar-refractivity contribution in [2.24, 2.45) is 11.8 Å². The molecule has 0 spiro atoms. The highest BCUT2D eigenvalue weighted by Crippen LogP contribution is 2.39. The van der Waals surface area contributed by atoms with Crippen molar-refractivity contribution in [1.82, 2.24) is 0 Å². The molecular formula is C27H40O. The Labute approximate surface area is 172 Å². The molecule has 0 amide bonds. The Morgan fingerprint density at radius 2 is 1.64 bits per heavy atom. The summed E-state index contributed by atoms with van der Waals surface area (Å²) in [5, 5.41) is 2.66. The van der Waals surface area contributed by atoms with Crippen LogP contribution in [-0.2, 0) is 0 Å². The Kier molecular flexibility index (Phi) is 8.25. The van der Waals surface area contributed by atoms with Crippen molar-refractivity contribution in [3.05, 3.63) is 42.0 Å². The molecule has 0 radical (unpaired) electrons. The topological polar surface area (TPSA) is 9.23 Å². The largest absolute Gasteiger partial charge is 0.494 e. The van der Waals surface area contributed by atoms with Crippen molar-refractivity contribution in [2.75, 3.05) is 6.61 Å². The van der Waals surface area contributed by atoms with Gasteiger partial charge in [-0.25, -0.2) is 0 Å². The maximum atomic E-state index is 5.96. The zero-order valence-corrected chi connectivity index (χ0v) is 18.4. The number of hydrogen-bond donors (Lipinski definition) is 0. The first kappa shape index (κ1) is 21.2. The summed E-state index contributed by atoms with van der Waals surface area (Å²) in [6.07, 6.45) is 13.3. The number of benzene rings is 2. The van der Waals surface area contributed by atoms with Crippen molar-refractivity contribution in [3.8, 4) is 5.75 Å². The lowest BCUT2D eigenvalue weighted by atomic mass is 9.75. The SMILES string of the molecule is CCCCCCOc1ccc2cc(C3CCC(CC(C)CC)CC3)ccc2c1. The Balaban J connectivity index is 1.55. The van der Waals surface area contributed by atoms with E-state index in [-0.39, 0.29) is 0 Å². The summed E-state index contributed by atoms with van der Waals surface area (Å²) in [5.41, 5.74) is 1.54. The summed E-state index contributed by atoms with van der Waals surface area (Å²) >= 11 is 0. The second kappa shape index (κ2) is 10.9. The van der Waals surface area contributed by atoms with Gasteiger partial charge in [0, 0.05) is 0 Å². The van der Waals surface area contributed by atoms with Gasteiger partial charge in [0.25, 0.3) is 0 Å². The number of ether oxygens (including phenoxy) is 1. The fraction of sp³-hybridized carbons (Fsp3) is 0.630. The van der Waals surface area contributed by atoms with E-state index in [1.807, 2.05) is 0 Å². The molecule has 154 valence electrons. The average molecular weight is 381 g/mol. The van der Waals surface area contributed by atoms with Crippen LogP contribution < -0.4 is 4.74 Å². The number of rotatable bonds is 10. The third kappa shape index (κ3) is 6.00. The Hall–Kier alpha value is -1.50. The lowest BCUT2D eigenvalue weighted by molar-refractivity contribution is 0.273. The van der Waals surface area contributed by atoms with Crippen molar-refractivity contribution < 1.29 is 4.74 Å². The second-order valence-electron chi connectivity index (χ2n) is 9.14. The van der Waals surface area contributed by atoms with E-state index >= 15 is 0 Å². The van der Waals surface area contributed by atoms with Gasteiger partial charge in [-0.05, 0) is 84.7 Å². The summed E-state index contributed by atoms with van der Waals surface area (Å²) in [5.74, 6) is 3.63. The zero-order valence-electron chi connectivity index (χ0n) is 18.4. The van der Waals surface area contributed by atoms with Gasteiger partial charge in [0.1, 0.15) is 5.75 Å². The normalized spacial score (nSPS) is 21.0. The molecule has 0 aromatic heterocycles. The van der Waals surface area contributed by atoms with Crippen molar-refractivity contribution in [3.63, 3.8) is 0 Å². The van der Waals surface area contributed by atoms with Crippen LogP contribution in [-0.4, -0.2) is 6.61 Å². The molecular weight excluding hydrogens is 340 g/mol. The molecule has 1 unspecified atom stereocenters. The predicted octanol–water partition coefficient (Wildman–Crippen LogP) is 8.51. The monoisotopic (exact) mass is 380 g/mol. The van der Waals surface area contributed by atoms with Crippen molar-refractivity contribution >= 4 is 10.8 Å². The molecule has 0 aliphatic heterocycles. The second-order valence-corrected chi connectivity index (χ2v) is 9.14. The molecule has 2 aromatic carbocycles. The Bertz CT molecular complexity index is 711. The minimum Gasteiger partial charge on any atom is -0.494 e. The third-order valence-corrected chi connectivity index (χ3v) is 6.85. The van der Waals surface area contributed by atoms with E-state index in [4.69, 9.17) is 4.74 Å². The highest BCUT2D eigenvalue weighted by molar-refractivity contribution is 5.84. The molecule has 0 heterocycles. The molecule has 1 aliphatic rings. The van der Waals surface area contributed by atoms with Crippen LogP contribution in [0, 0.1) is 11.8 Å². The van der Waals surface area contributed by atoms with Crippen LogP contribution >= 0.6 is 0 Å². The van der Waals surface area contributed by atoms with E-state index in [0.29, 0.717) is 0 Å². The molecule has 0 saturated heterocycles. The quantitative estimate of drug-likeness (QED) is 0.375. The van der Waals surface area contributed by atoms with Gasteiger partial charge in [0.15, 0.2) is 0 Å². The van der Waals surface area contributed by atoms with Crippen molar-refractivity contribution in [1.29, 1.82) is 0 Å². The van der Waals surface area contributed by atoms with Crippen LogP contribution in [0.5, 0.6) is 5.75 Å². The minimum absolute atomic E-state index is 0.757.